The largest absolute Gasteiger partial charge is 0.497 e. The number of benzene rings is 1. The summed E-state index contributed by atoms with van der Waals surface area (Å²) in [5.74, 6) is 0.863. The van der Waals surface area contributed by atoms with Crippen LogP contribution < -0.4 is 14.8 Å². The maximum Gasteiger partial charge on any atom is 0.268 e. The van der Waals surface area contributed by atoms with Crippen LogP contribution in [-0.2, 0) is 4.79 Å². The lowest BCUT2D eigenvalue weighted by Gasteiger charge is -2.15. The summed E-state index contributed by atoms with van der Waals surface area (Å²) in [6.07, 6.45) is 3.26. The average Bonchev–Trinajstić information content (AvgIpc) is 3.27. The summed E-state index contributed by atoms with van der Waals surface area (Å²) in [6.45, 7) is 5.79. The van der Waals surface area contributed by atoms with Crippen molar-refractivity contribution in [3.05, 3.63) is 57.9 Å². The summed E-state index contributed by atoms with van der Waals surface area (Å²) in [6, 6.07) is 9.50. The van der Waals surface area contributed by atoms with Gasteiger partial charge >= 0.3 is 0 Å². The SMILES string of the molecule is COc1ccc(-n2c(C)cc(/C=C(/C#N)C(=O)Nc3ncc(C)s3)c2C)c(OC)c1. The quantitative estimate of drug-likeness (QED) is 0.469. The van der Waals surface area contributed by atoms with Crippen LogP contribution in [0, 0.1) is 32.1 Å². The zero-order valence-corrected chi connectivity index (χ0v) is 18.3. The number of aromatic nitrogens is 2. The van der Waals surface area contributed by atoms with Gasteiger partial charge in [0.2, 0.25) is 0 Å². The molecule has 0 atom stereocenters. The van der Waals surface area contributed by atoms with Crippen LogP contribution in [0.25, 0.3) is 11.8 Å². The number of nitrogens with one attached hydrogen (secondary N) is 1. The molecular formula is C22H22N4O3S. The maximum atomic E-state index is 12.5. The van der Waals surface area contributed by atoms with Crippen LogP contribution in [0.4, 0.5) is 5.13 Å². The predicted octanol–water partition coefficient (Wildman–Crippen LogP) is 4.42. The molecule has 8 heteroatoms. The second-order valence-corrected chi connectivity index (χ2v) is 7.83. The van der Waals surface area contributed by atoms with Crippen LogP contribution in [0.15, 0.2) is 36.0 Å². The zero-order chi connectivity index (χ0) is 21.8. The molecule has 0 aliphatic carbocycles. The fraction of sp³-hybridized carbons (Fsp3) is 0.227. The van der Waals surface area contributed by atoms with E-state index in [-0.39, 0.29) is 5.57 Å². The van der Waals surface area contributed by atoms with Crippen molar-refractivity contribution in [2.75, 3.05) is 19.5 Å². The van der Waals surface area contributed by atoms with E-state index in [9.17, 15) is 10.1 Å². The number of methoxy groups -OCH3 is 2. The van der Waals surface area contributed by atoms with Gasteiger partial charge in [-0.05, 0) is 50.6 Å². The monoisotopic (exact) mass is 422 g/mol. The lowest BCUT2D eigenvalue weighted by atomic mass is 10.1. The lowest BCUT2D eigenvalue weighted by Crippen LogP contribution is -2.13. The minimum Gasteiger partial charge on any atom is -0.497 e. The molecule has 1 amide bonds. The van der Waals surface area contributed by atoms with E-state index in [1.807, 2.05) is 55.7 Å². The van der Waals surface area contributed by atoms with Gasteiger partial charge in [-0.25, -0.2) is 4.98 Å². The highest BCUT2D eigenvalue weighted by Gasteiger charge is 2.17. The van der Waals surface area contributed by atoms with Gasteiger partial charge in [-0.3, -0.25) is 10.1 Å². The molecule has 0 bridgehead atoms. The second-order valence-electron chi connectivity index (χ2n) is 6.60. The van der Waals surface area contributed by atoms with Crippen molar-refractivity contribution in [2.24, 2.45) is 0 Å². The number of aryl methyl sites for hydroxylation is 2. The van der Waals surface area contributed by atoms with Gasteiger partial charge in [-0.15, -0.1) is 11.3 Å². The molecule has 0 saturated carbocycles. The van der Waals surface area contributed by atoms with E-state index in [0.29, 0.717) is 16.6 Å². The molecule has 0 aliphatic rings. The first kappa shape index (κ1) is 21.1. The number of nitrogens with zero attached hydrogens (tertiary/aromatic N) is 3. The Hall–Kier alpha value is -3.57. The van der Waals surface area contributed by atoms with E-state index in [2.05, 4.69) is 10.3 Å². The van der Waals surface area contributed by atoms with Gasteiger partial charge in [0.25, 0.3) is 5.91 Å². The summed E-state index contributed by atoms with van der Waals surface area (Å²) in [5, 5.41) is 12.7. The molecule has 7 nitrogen and oxygen atoms in total. The highest BCUT2D eigenvalue weighted by atomic mass is 32.1. The zero-order valence-electron chi connectivity index (χ0n) is 17.4. The van der Waals surface area contributed by atoms with Gasteiger partial charge in [0.05, 0.1) is 19.9 Å². The normalized spacial score (nSPS) is 11.1. The van der Waals surface area contributed by atoms with Crippen molar-refractivity contribution < 1.29 is 14.3 Å². The Morgan fingerprint density at radius 1 is 1.23 bits per heavy atom. The van der Waals surface area contributed by atoms with Crippen LogP contribution in [0.5, 0.6) is 11.5 Å². The Morgan fingerprint density at radius 3 is 2.60 bits per heavy atom. The molecule has 0 radical (unpaired) electrons. The molecule has 0 aliphatic heterocycles. The number of carbonyl (C=O) groups excluding carboxylic acids is 1. The highest BCUT2D eigenvalue weighted by molar-refractivity contribution is 7.15. The smallest absolute Gasteiger partial charge is 0.268 e. The Labute approximate surface area is 179 Å². The van der Waals surface area contributed by atoms with E-state index in [0.717, 1.165) is 27.5 Å². The van der Waals surface area contributed by atoms with Crippen LogP contribution in [0.3, 0.4) is 0 Å². The van der Waals surface area contributed by atoms with Gasteiger partial charge in [-0.1, -0.05) is 0 Å². The maximum absolute atomic E-state index is 12.5. The van der Waals surface area contributed by atoms with Gasteiger partial charge < -0.3 is 14.0 Å². The Balaban J connectivity index is 1.98. The summed E-state index contributed by atoms with van der Waals surface area (Å²) < 4.78 is 12.8. The van der Waals surface area contributed by atoms with Crippen molar-refractivity contribution in [2.45, 2.75) is 20.8 Å². The molecular weight excluding hydrogens is 400 g/mol. The topological polar surface area (TPSA) is 89.2 Å². The molecule has 0 fully saturated rings. The third kappa shape index (κ3) is 4.21. The summed E-state index contributed by atoms with van der Waals surface area (Å²) in [4.78, 5) is 17.6. The first-order chi connectivity index (χ1) is 14.4. The minimum absolute atomic E-state index is 0.00444. The average molecular weight is 423 g/mol. The number of amides is 1. The molecule has 0 unspecified atom stereocenters. The molecule has 0 spiro atoms. The van der Waals surface area contributed by atoms with Crippen LogP contribution >= 0.6 is 11.3 Å². The molecule has 3 aromatic rings. The van der Waals surface area contributed by atoms with Crippen molar-refractivity contribution >= 4 is 28.5 Å². The molecule has 3 rings (SSSR count). The van der Waals surface area contributed by atoms with Crippen LogP contribution in [-0.4, -0.2) is 29.7 Å². The van der Waals surface area contributed by atoms with Crippen molar-refractivity contribution in [3.8, 4) is 23.3 Å². The summed E-state index contributed by atoms with van der Waals surface area (Å²) in [5.41, 5.74) is 3.43. The number of ether oxygens (including phenoxy) is 2. The third-order valence-corrected chi connectivity index (χ3v) is 5.43. The number of anilines is 1. The fourth-order valence-corrected chi connectivity index (χ4v) is 3.81. The molecule has 1 aromatic carbocycles. The van der Waals surface area contributed by atoms with E-state index >= 15 is 0 Å². The van der Waals surface area contributed by atoms with Crippen molar-refractivity contribution in [1.82, 2.24) is 9.55 Å². The van der Waals surface area contributed by atoms with E-state index in [1.165, 1.54) is 11.3 Å². The number of hydrogen-bond donors (Lipinski definition) is 1. The minimum atomic E-state index is -0.487. The first-order valence-corrected chi connectivity index (χ1v) is 9.96. The second kappa shape index (κ2) is 8.84. The van der Waals surface area contributed by atoms with Crippen molar-refractivity contribution in [1.29, 1.82) is 5.26 Å². The van der Waals surface area contributed by atoms with Crippen LogP contribution in [0.1, 0.15) is 21.8 Å². The van der Waals surface area contributed by atoms with Gasteiger partial charge in [0.1, 0.15) is 23.1 Å². The first-order valence-electron chi connectivity index (χ1n) is 9.14. The predicted molar refractivity (Wildman–Crippen MR) is 117 cm³/mol. The Kier molecular flexibility index (Phi) is 6.23. The van der Waals surface area contributed by atoms with Crippen LogP contribution in [0.2, 0.25) is 0 Å². The molecule has 154 valence electrons. The van der Waals surface area contributed by atoms with E-state index < -0.39 is 5.91 Å². The molecule has 1 N–H and O–H groups in total. The Bertz CT molecular complexity index is 1170. The Morgan fingerprint density at radius 2 is 2.00 bits per heavy atom. The highest BCUT2D eigenvalue weighted by Crippen LogP contribution is 2.32. The van der Waals surface area contributed by atoms with E-state index in [4.69, 9.17) is 9.47 Å². The molecule has 0 saturated heterocycles. The third-order valence-electron chi connectivity index (χ3n) is 4.60. The van der Waals surface area contributed by atoms with Gasteiger partial charge in [0, 0.05) is 28.5 Å². The summed E-state index contributed by atoms with van der Waals surface area (Å²) >= 11 is 1.36. The van der Waals surface area contributed by atoms with E-state index in [1.54, 1.807) is 26.5 Å². The number of nitriles is 1. The number of thiazole rings is 1. The lowest BCUT2D eigenvalue weighted by molar-refractivity contribution is -0.112. The fourth-order valence-electron chi connectivity index (χ4n) is 3.16. The molecule has 30 heavy (non-hydrogen) atoms. The number of hydrogen-bond acceptors (Lipinski definition) is 6. The molecule has 2 aromatic heterocycles. The standard InChI is InChI=1S/C22H22N4O3S/c1-13-8-16(9-17(11-23)21(27)25-22-24-12-14(2)30-22)15(3)26(13)19-7-6-18(28-4)10-20(19)29-5/h6-10,12H,1-5H3,(H,24,25,27)/b17-9-. The number of rotatable bonds is 6. The molecule has 2 heterocycles. The van der Waals surface area contributed by atoms with Gasteiger partial charge in [0.15, 0.2) is 5.13 Å². The number of carbonyl (C=O) groups is 1. The summed E-state index contributed by atoms with van der Waals surface area (Å²) in [7, 11) is 3.21. The van der Waals surface area contributed by atoms with Crippen molar-refractivity contribution in [3.63, 3.8) is 0 Å². The van der Waals surface area contributed by atoms with Gasteiger partial charge in [-0.2, -0.15) is 5.26 Å².